The van der Waals surface area contributed by atoms with Crippen molar-refractivity contribution in [1.29, 1.82) is 0 Å². The number of nitrogens with one attached hydrogen (secondary N) is 1. The summed E-state index contributed by atoms with van der Waals surface area (Å²) in [5.41, 5.74) is 0.442. The van der Waals surface area contributed by atoms with E-state index >= 15 is 0 Å². The van der Waals surface area contributed by atoms with Crippen LogP contribution in [-0.4, -0.2) is 25.3 Å². The third-order valence-corrected chi connectivity index (χ3v) is 3.76. The van der Waals surface area contributed by atoms with E-state index in [1.54, 1.807) is 7.11 Å². The molecule has 1 rings (SSSR count). The van der Waals surface area contributed by atoms with Crippen molar-refractivity contribution >= 4 is 0 Å². The molecular weight excluding hydrogens is 198 g/mol. The zero-order valence-corrected chi connectivity index (χ0v) is 11.9. The molecule has 1 aliphatic rings. The molecule has 2 nitrogen and oxygen atoms in total. The number of methoxy groups -OCH3 is 1. The van der Waals surface area contributed by atoms with E-state index in [9.17, 15) is 0 Å². The minimum absolute atomic E-state index is 0.0508. The van der Waals surface area contributed by atoms with Crippen LogP contribution in [0.25, 0.3) is 0 Å². The Morgan fingerprint density at radius 1 is 1.31 bits per heavy atom. The van der Waals surface area contributed by atoms with Crippen LogP contribution in [0.2, 0.25) is 0 Å². The van der Waals surface area contributed by atoms with E-state index in [4.69, 9.17) is 4.74 Å². The van der Waals surface area contributed by atoms with Gasteiger partial charge in [0.05, 0.1) is 5.60 Å². The van der Waals surface area contributed by atoms with E-state index in [0.717, 1.165) is 12.5 Å². The summed E-state index contributed by atoms with van der Waals surface area (Å²) >= 11 is 0. The molecule has 0 aromatic rings. The standard InChI is InChI=1S/C14H29NO/c1-11-7-12(9-13(2,3)8-11)15-10-14(4,5)16-6/h11-12,15H,7-10H2,1-6H3. The first-order valence-corrected chi connectivity index (χ1v) is 6.53. The highest BCUT2D eigenvalue weighted by molar-refractivity contribution is 4.87. The van der Waals surface area contributed by atoms with E-state index in [1.165, 1.54) is 19.3 Å². The van der Waals surface area contributed by atoms with Crippen LogP contribution in [0, 0.1) is 11.3 Å². The zero-order chi connectivity index (χ0) is 12.4. The smallest absolute Gasteiger partial charge is 0.0746 e. The van der Waals surface area contributed by atoms with Crippen molar-refractivity contribution in [1.82, 2.24) is 5.32 Å². The van der Waals surface area contributed by atoms with E-state index < -0.39 is 0 Å². The molecular formula is C14H29NO. The molecule has 1 saturated carbocycles. The fourth-order valence-corrected chi connectivity index (χ4v) is 2.96. The van der Waals surface area contributed by atoms with Gasteiger partial charge in [-0.3, -0.25) is 0 Å². The summed E-state index contributed by atoms with van der Waals surface area (Å²) in [6, 6.07) is 0.660. The van der Waals surface area contributed by atoms with Gasteiger partial charge in [-0.2, -0.15) is 0 Å². The van der Waals surface area contributed by atoms with Crippen LogP contribution in [-0.2, 0) is 4.74 Å². The lowest BCUT2D eigenvalue weighted by molar-refractivity contribution is 0.0164. The molecule has 2 unspecified atom stereocenters. The Hall–Kier alpha value is -0.0800. The maximum atomic E-state index is 5.45. The van der Waals surface area contributed by atoms with Gasteiger partial charge in [-0.05, 0) is 44.4 Å². The number of ether oxygens (including phenoxy) is 1. The van der Waals surface area contributed by atoms with Crippen molar-refractivity contribution < 1.29 is 4.74 Å². The molecule has 0 aliphatic heterocycles. The minimum atomic E-state index is -0.0508. The Morgan fingerprint density at radius 2 is 1.94 bits per heavy atom. The second kappa shape index (κ2) is 5.05. The third kappa shape index (κ3) is 4.42. The maximum absolute atomic E-state index is 5.45. The summed E-state index contributed by atoms with van der Waals surface area (Å²) in [4.78, 5) is 0. The molecule has 0 bridgehead atoms. The summed E-state index contributed by atoms with van der Waals surface area (Å²) in [5, 5.41) is 3.67. The number of hydrogen-bond donors (Lipinski definition) is 1. The normalized spacial score (nSPS) is 30.4. The van der Waals surface area contributed by atoms with Gasteiger partial charge >= 0.3 is 0 Å². The molecule has 0 amide bonds. The van der Waals surface area contributed by atoms with Crippen molar-refractivity contribution in [2.24, 2.45) is 11.3 Å². The van der Waals surface area contributed by atoms with Crippen molar-refractivity contribution in [3.8, 4) is 0 Å². The monoisotopic (exact) mass is 227 g/mol. The lowest BCUT2D eigenvalue weighted by Crippen LogP contribution is -2.46. The highest BCUT2D eigenvalue weighted by atomic mass is 16.5. The lowest BCUT2D eigenvalue weighted by Gasteiger charge is -2.40. The Morgan fingerprint density at radius 3 is 2.44 bits per heavy atom. The molecule has 0 aromatic heterocycles. The molecule has 2 atom stereocenters. The molecule has 0 aromatic carbocycles. The van der Waals surface area contributed by atoms with Gasteiger partial charge in [-0.1, -0.05) is 20.8 Å². The predicted octanol–water partition coefficient (Wildman–Crippen LogP) is 3.22. The van der Waals surface area contributed by atoms with Crippen molar-refractivity contribution in [2.45, 2.75) is 65.5 Å². The van der Waals surface area contributed by atoms with Gasteiger partial charge in [0.15, 0.2) is 0 Å². The van der Waals surface area contributed by atoms with Crippen molar-refractivity contribution in [3.05, 3.63) is 0 Å². The second-order valence-electron chi connectivity index (χ2n) is 6.95. The van der Waals surface area contributed by atoms with Gasteiger partial charge in [0, 0.05) is 19.7 Å². The average Bonchev–Trinajstić information content (AvgIpc) is 2.12. The molecule has 1 N–H and O–H groups in total. The average molecular weight is 227 g/mol. The molecule has 0 radical (unpaired) electrons. The summed E-state index contributed by atoms with van der Waals surface area (Å²) in [6.07, 6.45) is 3.96. The molecule has 96 valence electrons. The van der Waals surface area contributed by atoms with E-state index in [1.807, 2.05) is 0 Å². The van der Waals surface area contributed by atoms with Crippen LogP contribution in [0.5, 0.6) is 0 Å². The summed E-state index contributed by atoms with van der Waals surface area (Å²) < 4.78 is 5.45. The van der Waals surface area contributed by atoms with Crippen molar-refractivity contribution in [3.63, 3.8) is 0 Å². The molecule has 16 heavy (non-hydrogen) atoms. The summed E-state index contributed by atoms with van der Waals surface area (Å²) in [6.45, 7) is 12.4. The minimum Gasteiger partial charge on any atom is -0.377 e. The first kappa shape index (κ1) is 14.0. The van der Waals surface area contributed by atoms with Gasteiger partial charge in [0.2, 0.25) is 0 Å². The topological polar surface area (TPSA) is 21.3 Å². The van der Waals surface area contributed by atoms with Crippen LogP contribution in [0.15, 0.2) is 0 Å². The quantitative estimate of drug-likeness (QED) is 0.796. The number of rotatable bonds is 4. The Bertz CT molecular complexity index is 223. The van der Waals surface area contributed by atoms with Crippen LogP contribution in [0.1, 0.15) is 53.9 Å². The van der Waals surface area contributed by atoms with Crippen LogP contribution in [0.4, 0.5) is 0 Å². The van der Waals surface area contributed by atoms with E-state index in [0.29, 0.717) is 11.5 Å². The first-order chi connectivity index (χ1) is 7.24. The second-order valence-corrected chi connectivity index (χ2v) is 6.95. The molecule has 1 fully saturated rings. The van der Waals surface area contributed by atoms with E-state index in [-0.39, 0.29) is 5.60 Å². The van der Waals surface area contributed by atoms with E-state index in [2.05, 4.69) is 39.9 Å². The van der Waals surface area contributed by atoms with Gasteiger partial charge in [0.25, 0.3) is 0 Å². The van der Waals surface area contributed by atoms with Gasteiger partial charge < -0.3 is 10.1 Å². The van der Waals surface area contributed by atoms with Gasteiger partial charge in [0.1, 0.15) is 0 Å². The van der Waals surface area contributed by atoms with Crippen LogP contribution in [0.3, 0.4) is 0 Å². The maximum Gasteiger partial charge on any atom is 0.0746 e. The molecule has 1 aliphatic carbocycles. The fourth-order valence-electron chi connectivity index (χ4n) is 2.96. The highest BCUT2D eigenvalue weighted by Gasteiger charge is 2.32. The third-order valence-electron chi connectivity index (χ3n) is 3.76. The molecule has 0 heterocycles. The molecule has 2 heteroatoms. The van der Waals surface area contributed by atoms with Crippen molar-refractivity contribution in [2.75, 3.05) is 13.7 Å². The summed E-state index contributed by atoms with van der Waals surface area (Å²) in [5.74, 6) is 0.840. The first-order valence-electron chi connectivity index (χ1n) is 6.53. The summed E-state index contributed by atoms with van der Waals surface area (Å²) in [7, 11) is 1.79. The predicted molar refractivity (Wildman–Crippen MR) is 69.7 cm³/mol. The van der Waals surface area contributed by atoms with Gasteiger partial charge in [-0.15, -0.1) is 0 Å². The highest BCUT2D eigenvalue weighted by Crippen LogP contribution is 2.38. The fraction of sp³-hybridized carbons (Fsp3) is 1.00. The van der Waals surface area contributed by atoms with Gasteiger partial charge in [-0.25, -0.2) is 0 Å². The SMILES string of the molecule is COC(C)(C)CNC1CC(C)CC(C)(C)C1. The largest absolute Gasteiger partial charge is 0.377 e. The molecule has 0 spiro atoms. The Kier molecular flexibility index (Phi) is 4.42. The Balaban J connectivity index is 2.43. The number of hydrogen-bond acceptors (Lipinski definition) is 2. The van der Waals surface area contributed by atoms with Crippen LogP contribution < -0.4 is 5.32 Å². The van der Waals surface area contributed by atoms with Crippen LogP contribution >= 0.6 is 0 Å². The molecule has 0 saturated heterocycles. The Labute approximate surface area is 101 Å². The zero-order valence-electron chi connectivity index (χ0n) is 11.9. The lowest BCUT2D eigenvalue weighted by atomic mass is 9.70.